The minimum atomic E-state index is -4.75. The molecule has 8 heteroatoms. The number of alkyl halides is 3. The van der Waals surface area contributed by atoms with Gasteiger partial charge in [-0.15, -0.1) is 0 Å². The van der Waals surface area contributed by atoms with Crippen LogP contribution < -0.4 is 5.69 Å². The average molecular weight is 361 g/mol. The Kier molecular flexibility index (Phi) is 5.31. The highest BCUT2D eigenvalue weighted by Gasteiger charge is 2.34. The molecule has 0 atom stereocenters. The number of carbonyl (C=O) groups is 1. The first-order valence-electron chi connectivity index (χ1n) is 7.45. The molecule has 0 aliphatic carbocycles. The molecule has 26 heavy (non-hydrogen) atoms. The van der Waals surface area contributed by atoms with E-state index in [9.17, 15) is 22.8 Å². The van der Waals surface area contributed by atoms with Crippen LogP contribution >= 0.6 is 0 Å². The molecule has 0 amide bonds. The number of aromatic nitrogens is 2. The van der Waals surface area contributed by atoms with Gasteiger partial charge in [0.15, 0.2) is 0 Å². The lowest BCUT2D eigenvalue weighted by molar-refractivity contribution is -0.137. The van der Waals surface area contributed by atoms with E-state index < -0.39 is 23.0 Å². The van der Waals surface area contributed by atoms with Crippen molar-refractivity contribution in [2.75, 3.05) is 0 Å². The Bertz CT molecular complexity index is 975. The second-order valence-corrected chi connectivity index (χ2v) is 5.24. The van der Waals surface area contributed by atoms with Crippen LogP contribution in [0.25, 0.3) is 17.8 Å². The summed E-state index contributed by atoms with van der Waals surface area (Å²) in [5.74, 6) is 0. The summed E-state index contributed by atoms with van der Waals surface area (Å²) in [5.41, 5.74) is -1.80. The minimum Gasteiger partial charge on any atom is -0.303 e. The molecule has 0 unspecified atom stereocenters. The third-order valence-electron chi connectivity index (χ3n) is 3.76. The lowest BCUT2D eigenvalue weighted by atomic mass is 10.1. The van der Waals surface area contributed by atoms with E-state index in [0.717, 1.165) is 16.7 Å². The summed E-state index contributed by atoms with van der Waals surface area (Å²) in [5, 5.41) is 8.90. The third kappa shape index (κ3) is 3.24. The summed E-state index contributed by atoms with van der Waals surface area (Å²) in [6, 6.07) is 4.49. The van der Waals surface area contributed by atoms with Crippen molar-refractivity contribution in [1.29, 1.82) is 5.26 Å². The molecule has 0 aliphatic heterocycles. The number of nitriles is 1. The molecule has 0 radical (unpaired) electrons. The Morgan fingerprint density at radius 1 is 1.19 bits per heavy atom. The van der Waals surface area contributed by atoms with Crippen LogP contribution in [0.3, 0.4) is 0 Å². The summed E-state index contributed by atoms with van der Waals surface area (Å²) in [6.07, 6.45) is -1.37. The van der Waals surface area contributed by atoms with Crippen LogP contribution in [-0.4, -0.2) is 15.4 Å². The maximum absolute atomic E-state index is 13.2. The Hall–Kier alpha value is -3.34. The number of hydrogen-bond acceptors (Lipinski definition) is 3. The summed E-state index contributed by atoms with van der Waals surface area (Å²) in [7, 11) is 0. The molecule has 0 saturated heterocycles. The van der Waals surface area contributed by atoms with Gasteiger partial charge in [0.2, 0.25) is 0 Å². The van der Waals surface area contributed by atoms with Gasteiger partial charge in [-0.05, 0) is 30.4 Å². The average Bonchev–Trinajstić information content (AvgIpc) is 2.89. The fourth-order valence-electron chi connectivity index (χ4n) is 2.64. The molecule has 134 valence electrons. The first-order chi connectivity index (χ1) is 12.3. The van der Waals surface area contributed by atoms with Crippen molar-refractivity contribution >= 4 is 18.4 Å². The lowest BCUT2D eigenvalue weighted by Gasteiger charge is -2.12. The molecule has 1 aromatic carbocycles. The van der Waals surface area contributed by atoms with Gasteiger partial charge in [-0.2, -0.15) is 18.4 Å². The summed E-state index contributed by atoms with van der Waals surface area (Å²) < 4.78 is 41.9. The van der Waals surface area contributed by atoms with Crippen LogP contribution in [-0.2, 0) is 17.5 Å². The number of hydrogen-bond donors (Lipinski definition) is 0. The quantitative estimate of drug-likeness (QED) is 0.741. The molecule has 1 aromatic heterocycles. The number of benzene rings is 1. The van der Waals surface area contributed by atoms with Gasteiger partial charge in [0.1, 0.15) is 6.29 Å². The van der Waals surface area contributed by atoms with E-state index in [-0.39, 0.29) is 24.3 Å². The maximum atomic E-state index is 13.2. The lowest BCUT2D eigenvalue weighted by Crippen LogP contribution is -2.24. The Morgan fingerprint density at radius 3 is 2.35 bits per heavy atom. The van der Waals surface area contributed by atoms with Crippen LogP contribution in [0.15, 0.2) is 36.2 Å². The Labute approximate surface area is 146 Å². The number of carbonyl (C=O) groups excluding carboxylic acids is 1. The van der Waals surface area contributed by atoms with Crippen molar-refractivity contribution in [1.82, 2.24) is 9.13 Å². The van der Waals surface area contributed by atoms with E-state index in [0.29, 0.717) is 12.0 Å². The van der Waals surface area contributed by atoms with Gasteiger partial charge in [-0.25, -0.2) is 4.79 Å². The van der Waals surface area contributed by atoms with Gasteiger partial charge in [0.05, 0.1) is 34.3 Å². The van der Waals surface area contributed by atoms with Crippen LogP contribution in [0.2, 0.25) is 0 Å². The molecule has 0 aliphatic rings. The van der Waals surface area contributed by atoms with E-state index in [1.165, 1.54) is 28.9 Å². The van der Waals surface area contributed by atoms with Gasteiger partial charge in [0, 0.05) is 13.0 Å². The predicted octanol–water partition coefficient (Wildman–Crippen LogP) is 3.40. The molecule has 2 aromatic rings. The molecular weight excluding hydrogens is 347 g/mol. The first-order valence-corrected chi connectivity index (χ1v) is 7.45. The van der Waals surface area contributed by atoms with Crippen LogP contribution in [0.5, 0.6) is 0 Å². The van der Waals surface area contributed by atoms with Crippen LogP contribution in [0.1, 0.15) is 28.9 Å². The number of halogens is 3. The largest absolute Gasteiger partial charge is 0.417 e. The predicted molar refractivity (Wildman–Crippen MR) is 90.6 cm³/mol. The molecular formula is C18H14F3N3O2. The van der Waals surface area contributed by atoms with E-state index in [1.807, 2.05) is 0 Å². The van der Waals surface area contributed by atoms with E-state index in [4.69, 9.17) is 5.26 Å². The fourth-order valence-corrected chi connectivity index (χ4v) is 2.64. The van der Waals surface area contributed by atoms with Gasteiger partial charge in [-0.3, -0.25) is 9.13 Å². The molecule has 0 fully saturated rings. The standard InChI is InChI=1S/C18H14F3N3O2/c1-3-15-16(4-2)24(17(26)23(15)8-5-9-25)13-7-6-12(11-22)14(10-13)18(19,20)21/h3-4,6-7,9-10H,1-2,5,8H2. The molecule has 0 bridgehead atoms. The number of imidazole rings is 1. The molecule has 1 heterocycles. The second-order valence-electron chi connectivity index (χ2n) is 5.24. The van der Waals surface area contributed by atoms with Crippen LogP contribution in [0, 0.1) is 11.3 Å². The van der Waals surface area contributed by atoms with Gasteiger partial charge in [0.25, 0.3) is 0 Å². The number of aldehydes is 1. The normalized spacial score (nSPS) is 11.0. The summed E-state index contributed by atoms with van der Waals surface area (Å²) >= 11 is 0. The zero-order valence-electron chi connectivity index (χ0n) is 13.6. The molecule has 2 rings (SSSR count). The van der Waals surface area contributed by atoms with E-state index in [2.05, 4.69) is 13.2 Å². The highest BCUT2D eigenvalue weighted by Crippen LogP contribution is 2.33. The van der Waals surface area contributed by atoms with E-state index in [1.54, 1.807) is 0 Å². The smallest absolute Gasteiger partial charge is 0.303 e. The van der Waals surface area contributed by atoms with Crippen molar-refractivity contribution in [3.63, 3.8) is 0 Å². The Balaban J connectivity index is 2.81. The maximum Gasteiger partial charge on any atom is 0.417 e. The minimum absolute atomic E-state index is 0.0555. The highest BCUT2D eigenvalue weighted by molar-refractivity contribution is 5.62. The highest BCUT2D eigenvalue weighted by atomic mass is 19.4. The van der Waals surface area contributed by atoms with Gasteiger partial charge < -0.3 is 4.79 Å². The van der Waals surface area contributed by atoms with Crippen LogP contribution in [0.4, 0.5) is 13.2 Å². The third-order valence-corrected chi connectivity index (χ3v) is 3.76. The topological polar surface area (TPSA) is 67.8 Å². The van der Waals surface area contributed by atoms with Crippen molar-refractivity contribution in [3.05, 3.63) is 64.4 Å². The van der Waals surface area contributed by atoms with Gasteiger partial charge in [-0.1, -0.05) is 13.2 Å². The molecule has 0 saturated carbocycles. The molecule has 0 spiro atoms. The van der Waals surface area contributed by atoms with Crippen molar-refractivity contribution in [3.8, 4) is 11.8 Å². The first kappa shape index (κ1) is 19.0. The van der Waals surface area contributed by atoms with Crippen molar-refractivity contribution < 1.29 is 18.0 Å². The molecule has 0 N–H and O–H groups in total. The number of nitrogens with zero attached hydrogens (tertiary/aromatic N) is 3. The number of rotatable bonds is 6. The zero-order chi connectivity index (χ0) is 19.5. The fraction of sp³-hybridized carbons (Fsp3) is 0.167. The Morgan fingerprint density at radius 2 is 1.85 bits per heavy atom. The molecule has 5 nitrogen and oxygen atoms in total. The van der Waals surface area contributed by atoms with E-state index >= 15 is 0 Å². The zero-order valence-corrected chi connectivity index (χ0v) is 13.6. The monoisotopic (exact) mass is 361 g/mol. The van der Waals surface area contributed by atoms with Crippen molar-refractivity contribution in [2.45, 2.75) is 19.1 Å². The summed E-state index contributed by atoms with van der Waals surface area (Å²) in [4.78, 5) is 23.3. The SMILES string of the molecule is C=Cc1c(C=C)n(-c2ccc(C#N)c(C(F)(F)F)c2)c(=O)n1CCC=O. The van der Waals surface area contributed by atoms with Crippen molar-refractivity contribution in [2.24, 2.45) is 0 Å². The summed E-state index contributed by atoms with van der Waals surface area (Å²) in [6.45, 7) is 7.26. The second kappa shape index (κ2) is 7.27. The van der Waals surface area contributed by atoms with Gasteiger partial charge >= 0.3 is 11.9 Å².